The Morgan fingerprint density at radius 2 is 1.72 bits per heavy atom. The first-order valence-corrected chi connectivity index (χ1v) is 8.49. The lowest BCUT2D eigenvalue weighted by molar-refractivity contribution is -0.175. The lowest BCUT2D eigenvalue weighted by Gasteiger charge is -2.18. The van der Waals surface area contributed by atoms with E-state index in [0.717, 1.165) is 18.2 Å². The molecule has 154 valence electrons. The summed E-state index contributed by atoms with van der Waals surface area (Å²) in [7, 11) is 0. The monoisotopic (exact) mass is 434 g/mol. The van der Waals surface area contributed by atoms with Crippen LogP contribution in [0.3, 0.4) is 0 Å². The fraction of sp³-hybridized carbons (Fsp3) is 0.222. The standard InChI is InChI=1S/C18H12ClF5N2O3/c19-9-6-10(14(27)12(21)7-9)8-1-2-13(11(20)5-8)25-15(28)17(3-4-17)26-16(29)18(22,23)24/h1-2,5-7,27H,3-4H2,(H,25,28)(H,26,29). The summed E-state index contributed by atoms with van der Waals surface area (Å²) in [6.45, 7) is 0. The number of phenolic OH excluding ortho intramolecular Hbond substituents is 1. The summed E-state index contributed by atoms with van der Waals surface area (Å²) in [5.41, 5.74) is -2.17. The van der Waals surface area contributed by atoms with Gasteiger partial charge < -0.3 is 15.7 Å². The van der Waals surface area contributed by atoms with Crippen LogP contribution in [0.5, 0.6) is 5.75 Å². The zero-order chi connectivity index (χ0) is 21.6. The Bertz CT molecular complexity index is 1010. The molecule has 1 fully saturated rings. The number of benzene rings is 2. The highest BCUT2D eigenvalue weighted by atomic mass is 35.5. The zero-order valence-corrected chi connectivity index (χ0v) is 15.1. The number of halogens is 6. The number of carbonyl (C=O) groups excluding carboxylic acids is 2. The maximum absolute atomic E-state index is 14.4. The quantitative estimate of drug-likeness (QED) is 0.633. The van der Waals surface area contributed by atoms with Gasteiger partial charge in [-0.1, -0.05) is 17.7 Å². The van der Waals surface area contributed by atoms with E-state index in [1.54, 1.807) is 5.32 Å². The third kappa shape index (κ3) is 4.26. The smallest absolute Gasteiger partial charge is 0.471 e. The van der Waals surface area contributed by atoms with Crippen LogP contribution < -0.4 is 10.6 Å². The van der Waals surface area contributed by atoms with Gasteiger partial charge in [-0.25, -0.2) is 8.78 Å². The molecule has 5 nitrogen and oxygen atoms in total. The lowest BCUT2D eigenvalue weighted by Crippen LogP contribution is -2.50. The van der Waals surface area contributed by atoms with Crippen molar-refractivity contribution in [1.82, 2.24) is 5.32 Å². The number of phenols is 1. The van der Waals surface area contributed by atoms with Gasteiger partial charge >= 0.3 is 12.1 Å². The minimum Gasteiger partial charge on any atom is -0.504 e. The van der Waals surface area contributed by atoms with Gasteiger partial charge in [0.2, 0.25) is 5.91 Å². The molecule has 11 heteroatoms. The molecule has 29 heavy (non-hydrogen) atoms. The highest BCUT2D eigenvalue weighted by molar-refractivity contribution is 6.31. The van der Waals surface area contributed by atoms with E-state index in [0.29, 0.717) is 0 Å². The number of nitrogens with one attached hydrogen (secondary N) is 2. The van der Waals surface area contributed by atoms with Crippen molar-refractivity contribution in [2.45, 2.75) is 24.6 Å². The number of alkyl halides is 3. The summed E-state index contributed by atoms with van der Waals surface area (Å²) >= 11 is 5.73. The molecular weight excluding hydrogens is 423 g/mol. The average Bonchev–Trinajstić information content (AvgIpc) is 3.39. The van der Waals surface area contributed by atoms with E-state index >= 15 is 0 Å². The fourth-order valence-corrected chi connectivity index (χ4v) is 2.84. The predicted molar refractivity (Wildman–Crippen MR) is 93.3 cm³/mol. The molecule has 0 radical (unpaired) electrons. The Morgan fingerprint density at radius 3 is 2.28 bits per heavy atom. The van der Waals surface area contributed by atoms with Crippen LogP contribution in [-0.2, 0) is 9.59 Å². The van der Waals surface area contributed by atoms with E-state index in [9.17, 15) is 36.6 Å². The van der Waals surface area contributed by atoms with Crippen LogP contribution in [0.25, 0.3) is 11.1 Å². The molecule has 0 heterocycles. The van der Waals surface area contributed by atoms with Crippen molar-refractivity contribution in [2.24, 2.45) is 0 Å². The van der Waals surface area contributed by atoms with Crippen molar-refractivity contribution in [2.75, 3.05) is 5.32 Å². The molecule has 0 saturated heterocycles. The van der Waals surface area contributed by atoms with Gasteiger partial charge in [-0.05, 0) is 42.7 Å². The minimum atomic E-state index is -5.16. The Morgan fingerprint density at radius 1 is 1.07 bits per heavy atom. The molecule has 0 atom stereocenters. The Labute approximate surface area is 165 Å². The van der Waals surface area contributed by atoms with E-state index in [4.69, 9.17) is 11.6 Å². The molecule has 3 rings (SSSR count). The van der Waals surface area contributed by atoms with Gasteiger partial charge in [0.25, 0.3) is 0 Å². The second-order valence-corrected chi connectivity index (χ2v) is 6.90. The van der Waals surface area contributed by atoms with Crippen LogP contribution in [0, 0.1) is 11.6 Å². The number of rotatable bonds is 4. The Kier molecular flexibility index (Phi) is 5.16. The molecule has 3 N–H and O–H groups in total. The minimum absolute atomic E-state index is 0.0317. The molecular formula is C18H12ClF5N2O3. The molecule has 0 aliphatic heterocycles. The van der Waals surface area contributed by atoms with E-state index in [-0.39, 0.29) is 34.7 Å². The van der Waals surface area contributed by atoms with E-state index < -0.39 is 40.9 Å². The molecule has 0 spiro atoms. The van der Waals surface area contributed by atoms with Crippen molar-refractivity contribution < 1.29 is 36.6 Å². The van der Waals surface area contributed by atoms with Crippen LogP contribution >= 0.6 is 11.6 Å². The molecule has 1 aliphatic rings. The van der Waals surface area contributed by atoms with Crippen LogP contribution in [0.2, 0.25) is 5.02 Å². The Hall–Kier alpha value is -2.88. The summed E-state index contributed by atoms with van der Waals surface area (Å²) < 4.78 is 65.2. The number of aromatic hydroxyl groups is 1. The predicted octanol–water partition coefficient (Wildman–Crippen LogP) is 4.14. The second-order valence-electron chi connectivity index (χ2n) is 6.47. The van der Waals surface area contributed by atoms with Crippen LogP contribution in [0.4, 0.5) is 27.6 Å². The molecule has 2 aromatic rings. The molecule has 2 amide bonds. The van der Waals surface area contributed by atoms with Gasteiger partial charge in [-0.15, -0.1) is 0 Å². The second kappa shape index (κ2) is 7.18. The molecule has 1 saturated carbocycles. The number of hydrogen-bond donors (Lipinski definition) is 3. The van der Waals surface area contributed by atoms with Gasteiger partial charge in [-0.3, -0.25) is 9.59 Å². The molecule has 0 unspecified atom stereocenters. The van der Waals surface area contributed by atoms with E-state index in [1.165, 1.54) is 12.1 Å². The summed E-state index contributed by atoms with van der Waals surface area (Å²) in [5, 5.41) is 13.5. The summed E-state index contributed by atoms with van der Waals surface area (Å²) in [4.78, 5) is 23.3. The number of amides is 2. The first-order chi connectivity index (χ1) is 13.4. The number of carbonyl (C=O) groups is 2. The third-order valence-electron chi connectivity index (χ3n) is 4.35. The summed E-state index contributed by atoms with van der Waals surface area (Å²) in [6.07, 6.45) is -5.22. The Balaban J connectivity index is 1.80. The molecule has 2 aromatic carbocycles. The summed E-state index contributed by atoms with van der Waals surface area (Å²) in [5.74, 6) is -6.02. The average molecular weight is 435 g/mol. The first kappa shape index (κ1) is 20.8. The van der Waals surface area contributed by atoms with Crippen molar-refractivity contribution in [3.8, 4) is 16.9 Å². The van der Waals surface area contributed by atoms with Gasteiger partial charge in [0, 0.05) is 10.6 Å². The number of hydrogen-bond acceptors (Lipinski definition) is 3. The maximum Gasteiger partial charge on any atom is 0.471 e. The number of anilines is 1. The van der Waals surface area contributed by atoms with Crippen molar-refractivity contribution in [1.29, 1.82) is 0 Å². The molecule has 0 bridgehead atoms. The molecule has 1 aliphatic carbocycles. The normalized spacial score (nSPS) is 15.0. The van der Waals surface area contributed by atoms with Gasteiger partial charge in [0.05, 0.1) is 5.69 Å². The van der Waals surface area contributed by atoms with Crippen molar-refractivity contribution >= 4 is 29.1 Å². The summed E-state index contributed by atoms with van der Waals surface area (Å²) in [6, 6.07) is 5.29. The van der Waals surface area contributed by atoms with Crippen molar-refractivity contribution in [3.05, 3.63) is 47.0 Å². The van der Waals surface area contributed by atoms with E-state index in [2.05, 4.69) is 5.32 Å². The largest absolute Gasteiger partial charge is 0.504 e. The SMILES string of the molecule is O=C(NC1(C(=O)Nc2ccc(-c3cc(Cl)cc(F)c3O)cc2F)CC1)C(F)(F)F. The van der Waals surface area contributed by atoms with Crippen molar-refractivity contribution in [3.63, 3.8) is 0 Å². The topological polar surface area (TPSA) is 78.4 Å². The molecule has 0 aromatic heterocycles. The van der Waals surface area contributed by atoms with Gasteiger partial charge in [0.1, 0.15) is 11.4 Å². The zero-order valence-electron chi connectivity index (χ0n) is 14.3. The third-order valence-corrected chi connectivity index (χ3v) is 4.57. The lowest BCUT2D eigenvalue weighted by atomic mass is 10.0. The highest BCUT2D eigenvalue weighted by Crippen LogP contribution is 2.39. The maximum atomic E-state index is 14.4. The van der Waals surface area contributed by atoms with Crippen LogP contribution in [0.15, 0.2) is 30.3 Å². The van der Waals surface area contributed by atoms with Gasteiger partial charge in [-0.2, -0.15) is 13.2 Å². The first-order valence-electron chi connectivity index (χ1n) is 8.12. The fourth-order valence-electron chi connectivity index (χ4n) is 2.63. The van der Waals surface area contributed by atoms with Crippen LogP contribution in [0.1, 0.15) is 12.8 Å². The van der Waals surface area contributed by atoms with E-state index in [1.807, 2.05) is 0 Å². The van der Waals surface area contributed by atoms with Gasteiger partial charge in [0.15, 0.2) is 11.6 Å². The highest BCUT2D eigenvalue weighted by Gasteiger charge is 2.55. The van der Waals surface area contributed by atoms with Crippen LogP contribution in [-0.4, -0.2) is 28.6 Å².